The predicted octanol–water partition coefficient (Wildman–Crippen LogP) is 5.86. The molecular formula is C20H13ClN2O2. The van der Waals surface area contributed by atoms with Gasteiger partial charge < -0.3 is 4.57 Å². The second kappa shape index (κ2) is 6.07. The maximum atomic E-state index is 11.5. The molecule has 0 aliphatic heterocycles. The van der Waals surface area contributed by atoms with E-state index in [0.29, 0.717) is 10.6 Å². The van der Waals surface area contributed by atoms with Crippen molar-refractivity contribution in [2.24, 2.45) is 0 Å². The van der Waals surface area contributed by atoms with Crippen molar-refractivity contribution in [3.63, 3.8) is 0 Å². The molecule has 0 bridgehead atoms. The zero-order chi connectivity index (χ0) is 17.4. The van der Waals surface area contributed by atoms with Crippen molar-refractivity contribution in [3.8, 4) is 16.8 Å². The summed E-state index contributed by atoms with van der Waals surface area (Å²) in [6, 6.07) is 22.2. The molecule has 0 spiro atoms. The van der Waals surface area contributed by atoms with Crippen LogP contribution in [0.2, 0.25) is 5.02 Å². The van der Waals surface area contributed by atoms with Crippen molar-refractivity contribution >= 4 is 28.2 Å². The van der Waals surface area contributed by atoms with Gasteiger partial charge in [0.2, 0.25) is 0 Å². The second-order valence-electron chi connectivity index (χ2n) is 5.69. The molecule has 122 valence electrons. The van der Waals surface area contributed by atoms with Gasteiger partial charge in [0, 0.05) is 33.9 Å². The van der Waals surface area contributed by atoms with Gasteiger partial charge in [-0.3, -0.25) is 10.1 Å². The lowest BCUT2D eigenvalue weighted by molar-refractivity contribution is -0.384. The zero-order valence-electron chi connectivity index (χ0n) is 13.1. The SMILES string of the molecule is O=[N+]([O-])c1ccccc1-c1cc(Cl)cc2ccn(-c3ccccc3)c12. The van der Waals surface area contributed by atoms with E-state index in [9.17, 15) is 10.1 Å². The lowest BCUT2D eigenvalue weighted by Gasteiger charge is -2.11. The number of hydrogen-bond donors (Lipinski definition) is 0. The number of halogens is 1. The lowest BCUT2D eigenvalue weighted by Crippen LogP contribution is -1.96. The monoisotopic (exact) mass is 348 g/mol. The molecular weight excluding hydrogens is 336 g/mol. The van der Waals surface area contributed by atoms with E-state index in [1.807, 2.05) is 53.2 Å². The van der Waals surface area contributed by atoms with E-state index in [2.05, 4.69) is 0 Å². The van der Waals surface area contributed by atoms with Gasteiger partial charge in [-0.25, -0.2) is 0 Å². The molecule has 0 N–H and O–H groups in total. The van der Waals surface area contributed by atoms with Gasteiger partial charge in [-0.15, -0.1) is 0 Å². The van der Waals surface area contributed by atoms with Gasteiger partial charge in [-0.2, -0.15) is 0 Å². The number of para-hydroxylation sites is 2. The van der Waals surface area contributed by atoms with E-state index in [0.717, 1.165) is 22.2 Å². The number of nitro benzene ring substituents is 1. The van der Waals surface area contributed by atoms with Crippen LogP contribution in [0, 0.1) is 10.1 Å². The summed E-state index contributed by atoms with van der Waals surface area (Å²) < 4.78 is 2.03. The van der Waals surface area contributed by atoms with Crippen LogP contribution in [0.5, 0.6) is 0 Å². The van der Waals surface area contributed by atoms with Crippen molar-refractivity contribution < 1.29 is 4.92 Å². The molecule has 1 heterocycles. The first-order valence-electron chi connectivity index (χ1n) is 7.75. The average Bonchev–Trinajstić information content (AvgIpc) is 3.05. The third-order valence-electron chi connectivity index (χ3n) is 4.17. The van der Waals surface area contributed by atoms with Gasteiger partial charge in [0.15, 0.2) is 0 Å². The molecule has 25 heavy (non-hydrogen) atoms. The fourth-order valence-corrected chi connectivity index (χ4v) is 3.34. The van der Waals surface area contributed by atoms with Crippen LogP contribution >= 0.6 is 11.6 Å². The molecule has 0 radical (unpaired) electrons. The summed E-state index contributed by atoms with van der Waals surface area (Å²) in [5.74, 6) is 0. The van der Waals surface area contributed by atoms with Crippen LogP contribution in [0.1, 0.15) is 0 Å². The lowest BCUT2D eigenvalue weighted by atomic mass is 10.0. The average molecular weight is 349 g/mol. The Hall–Kier alpha value is -3.11. The smallest absolute Gasteiger partial charge is 0.277 e. The van der Waals surface area contributed by atoms with Crippen LogP contribution in [-0.2, 0) is 0 Å². The minimum atomic E-state index is -0.363. The van der Waals surface area contributed by atoms with Gasteiger partial charge in [-0.05, 0) is 36.4 Å². The number of aromatic nitrogens is 1. The topological polar surface area (TPSA) is 48.1 Å². The summed E-state index contributed by atoms with van der Waals surface area (Å²) in [7, 11) is 0. The Labute approximate surface area is 149 Å². The summed E-state index contributed by atoms with van der Waals surface area (Å²) in [4.78, 5) is 11.1. The molecule has 0 saturated heterocycles. The van der Waals surface area contributed by atoms with Crippen molar-refractivity contribution in [2.45, 2.75) is 0 Å². The quantitative estimate of drug-likeness (QED) is 0.344. The van der Waals surface area contributed by atoms with E-state index >= 15 is 0 Å². The Morgan fingerprint density at radius 2 is 1.60 bits per heavy atom. The Morgan fingerprint density at radius 3 is 2.36 bits per heavy atom. The standard InChI is InChI=1S/C20H13ClN2O2/c21-15-12-14-10-11-22(16-6-2-1-3-7-16)20(14)18(13-15)17-8-4-5-9-19(17)23(24)25/h1-13H. The number of rotatable bonds is 3. The molecule has 1 aromatic heterocycles. The molecule has 0 atom stereocenters. The Bertz CT molecular complexity index is 1090. The number of benzene rings is 3. The molecule has 4 nitrogen and oxygen atoms in total. The van der Waals surface area contributed by atoms with Crippen LogP contribution < -0.4 is 0 Å². The van der Waals surface area contributed by atoms with E-state index < -0.39 is 0 Å². The second-order valence-corrected chi connectivity index (χ2v) is 6.12. The number of fused-ring (bicyclic) bond motifs is 1. The highest BCUT2D eigenvalue weighted by atomic mass is 35.5. The van der Waals surface area contributed by atoms with Crippen molar-refractivity contribution in [3.05, 3.63) is 94.1 Å². The van der Waals surface area contributed by atoms with Crippen LogP contribution in [0.4, 0.5) is 5.69 Å². The van der Waals surface area contributed by atoms with Gasteiger partial charge in [-0.1, -0.05) is 41.9 Å². The summed E-state index contributed by atoms with van der Waals surface area (Å²) >= 11 is 6.28. The molecule has 3 aromatic carbocycles. The maximum Gasteiger partial charge on any atom is 0.277 e. The Kier molecular flexibility index (Phi) is 3.75. The van der Waals surface area contributed by atoms with Gasteiger partial charge >= 0.3 is 0 Å². The maximum absolute atomic E-state index is 11.5. The number of hydrogen-bond acceptors (Lipinski definition) is 2. The first-order valence-corrected chi connectivity index (χ1v) is 8.13. The third kappa shape index (κ3) is 2.66. The highest BCUT2D eigenvalue weighted by Crippen LogP contribution is 2.38. The van der Waals surface area contributed by atoms with E-state index in [4.69, 9.17) is 11.6 Å². The highest BCUT2D eigenvalue weighted by Gasteiger charge is 2.19. The molecule has 4 rings (SSSR count). The zero-order valence-corrected chi connectivity index (χ0v) is 13.9. The van der Waals surface area contributed by atoms with Gasteiger partial charge in [0.05, 0.1) is 16.0 Å². The minimum absolute atomic E-state index is 0.0619. The first-order chi connectivity index (χ1) is 12.1. The fraction of sp³-hybridized carbons (Fsp3) is 0. The predicted molar refractivity (Wildman–Crippen MR) is 100 cm³/mol. The molecule has 0 fully saturated rings. The van der Waals surface area contributed by atoms with Crippen LogP contribution in [0.15, 0.2) is 79.0 Å². The molecule has 0 unspecified atom stereocenters. The normalized spacial score (nSPS) is 10.9. The minimum Gasteiger partial charge on any atom is -0.316 e. The van der Waals surface area contributed by atoms with E-state index in [1.54, 1.807) is 24.3 Å². The Morgan fingerprint density at radius 1 is 0.880 bits per heavy atom. The third-order valence-corrected chi connectivity index (χ3v) is 4.39. The van der Waals surface area contributed by atoms with Crippen molar-refractivity contribution in [2.75, 3.05) is 0 Å². The first kappa shape index (κ1) is 15.4. The molecule has 5 heteroatoms. The largest absolute Gasteiger partial charge is 0.316 e. The molecule has 0 amide bonds. The highest BCUT2D eigenvalue weighted by molar-refractivity contribution is 6.32. The van der Waals surface area contributed by atoms with Crippen molar-refractivity contribution in [1.29, 1.82) is 0 Å². The molecule has 0 aliphatic carbocycles. The van der Waals surface area contributed by atoms with Crippen molar-refractivity contribution in [1.82, 2.24) is 4.57 Å². The molecule has 4 aromatic rings. The fourth-order valence-electron chi connectivity index (χ4n) is 3.12. The van der Waals surface area contributed by atoms with E-state index in [1.165, 1.54) is 6.07 Å². The summed E-state index contributed by atoms with van der Waals surface area (Å²) in [5.41, 5.74) is 3.23. The van der Waals surface area contributed by atoms with Crippen LogP contribution in [0.25, 0.3) is 27.7 Å². The van der Waals surface area contributed by atoms with Crippen LogP contribution in [0.3, 0.4) is 0 Å². The van der Waals surface area contributed by atoms with Gasteiger partial charge in [0.1, 0.15) is 0 Å². The molecule has 0 aliphatic rings. The van der Waals surface area contributed by atoms with Crippen LogP contribution in [-0.4, -0.2) is 9.49 Å². The van der Waals surface area contributed by atoms with Gasteiger partial charge in [0.25, 0.3) is 5.69 Å². The number of nitrogens with zero attached hydrogens (tertiary/aromatic N) is 2. The summed E-state index contributed by atoms with van der Waals surface area (Å²) in [6.07, 6.45) is 1.95. The number of nitro groups is 1. The summed E-state index contributed by atoms with van der Waals surface area (Å²) in [5, 5.41) is 13.0. The summed E-state index contributed by atoms with van der Waals surface area (Å²) in [6.45, 7) is 0. The Balaban J connectivity index is 2.08. The van der Waals surface area contributed by atoms with E-state index in [-0.39, 0.29) is 10.6 Å². The molecule has 0 saturated carbocycles.